The number of nitrogens with zero attached hydrogens (tertiary/aromatic N) is 3. The Morgan fingerprint density at radius 2 is 1.95 bits per heavy atom. The Morgan fingerprint density at radius 3 is 2.62 bits per heavy atom. The molecule has 0 radical (unpaired) electrons. The van der Waals surface area contributed by atoms with E-state index in [-0.39, 0.29) is 0 Å². The van der Waals surface area contributed by atoms with Crippen LogP contribution in [0.25, 0.3) is 22.4 Å². The van der Waals surface area contributed by atoms with Crippen LogP contribution in [0.1, 0.15) is 18.2 Å². The maximum Gasteiger partial charge on any atom is 0.230 e. The molecular formula is C16H18N4O. The number of hydrogen-bond donors (Lipinski definition) is 1. The summed E-state index contributed by atoms with van der Waals surface area (Å²) >= 11 is 0. The van der Waals surface area contributed by atoms with Gasteiger partial charge in [0.05, 0.1) is 11.3 Å². The van der Waals surface area contributed by atoms with E-state index in [0.29, 0.717) is 5.88 Å². The molecule has 0 aliphatic carbocycles. The molecule has 0 bridgehead atoms. The van der Waals surface area contributed by atoms with Crippen LogP contribution < -0.4 is 5.73 Å². The first kappa shape index (κ1) is 13.4. The molecule has 0 saturated carbocycles. The van der Waals surface area contributed by atoms with Crippen LogP contribution in [0, 0.1) is 6.92 Å². The molecule has 0 saturated heterocycles. The number of nitrogen functional groups attached to an aromatic ring is 1. The van der Waals surface area contributed by atoms with Gasteiger partial charge < -0.3 is 10.3 Å². The van der Waals surface area contributed by atoms with Crippen LogP contribution in [-0.2, 0) is 13.5 Å². The molecule has 0 amide bonds. The monoisotopic (exact) mass is 282 g/mol. The predicted octanol–water partition coefficient (Wildman–Crippen LogP) is 3.20. The number of anilines is 1. The Bertz CT molecular complexity index is 768. The van der Waals surface area contributed by atoms with Crippen molar-refractivity contribution in [2.45, 2.75) is 20.3 Å². The van der Waals surface area contributed by atoms with Crippen molar-refractivity contribution in [3.8, 4) is 22.4 Å². The normalized spacial score (nSPS) is 11.0. The third kappa shape index (κ3) is 2.31. The summed E-state index contributed by atoms with van der Waals surface area (Å²) < 4.78 is 7.02. The topological polar surface area (TPSA) is 69.9 Å². The van der Waals surface area contributed by atoms with Crippen molar-refractivity contribution in [1.82, 2.24) is 14.9 Å². The number of hydrogen-bond acceptors (Lipinski definition) is 4. The van der Waals surface area contributed by atoms with Gasteiger partial charge in [-0.25, -0.2) is 0 Å². The van der Waals surface area contributed by atoms with Crippen molar-refractivity contribution >= 4 is 5.88 Å². The van der Waals surface area contributed by atoms with Gasteiger partial charge in [0.1, 0.15) is 5.69 Å². The second-order valence-electron chi connectivity index (χ2n) is 5.15. The molecule has 3 rings (SSSR count). The van der Waals surface area contributed by atoms with Crippen LogP contribution in [0.15, 0.2) is 35.0 Å². The number of aryl methyl sites for hydroxylation is 3. The largest absolute Gasteiger partial charge is 0.367 e. The molecule has 5 heteroatoms. The Balaban J connectivity index is 2.19. The van der Waals surface area contributed by atoms with Crippen LogP contribution in [0.5, 0.6) is 0 Å². The van der Waals surface area contributed by atoms with Crippen LogP contribution >= 0.6 is 0 Å². The molecule has 3 aromatic rings. The maximum atomic E-state index is 5.99. The van der Waals surface area contributed by atoms with E-state index in [4.69, 9.17) is 10.3 Å². The molecule has 2 aromatic heterocycles. The summed E-state index contributed by atoms with van der Waals surface area (Å²) in [5.74, 6) is 0.333. The lowest BCUT2D eigenvalue weighted by atomic mass is 10.00. The first-order chi connectivity index (χ1) is 10.1. The number of rotatable bonds is 3. The Morgan fingerprint density at radius 1 is 1.24 bits per heavy atom. The summed E-state index contributed by atoms with van der Waals surface area (Å²) in [6, 6.07) is 8.17. The van der Waals surface area contributed by atoms with Gasteiger partial charge in [-0.15, -0.1) is 0 Å². The van der Waals surface area contributed by atoms with Crippen molar-refractivity contribution in [2.24, 2.45) is 7.05 Å². The van der Waals surface area contributed by atoms with Crippen LogP contribution in [0.3, 0.4) is 0 Å². The molecule has 0 atom stereocenters. The van der Waals surface area contributed by atoms with E-state index < -0.39 is 0 Å². The highest BCUT2D eigenvalue weighted by Gasteiger charge is 2.21. The first-order valence-corrected chi connectivity index (χ1v) is 6.95. The summed E-state index contributed by atoms with van der Waals surface area (Å²) in [5.41, 5.74) is 11.7. The van der Waals surface area contributed by atoms with Gasteiger partial charge in [0.2, 0.25) is 5.88 Å². The molecule has 108 valence electrons. The van der Waals surface area contributed by atoms with Gasteiger partial charge in [-0.3, -0.25) is 4.68 Å². The lowest BCUT2D eigenvalue weighted by Crippen LogP contribution is -1.90. The van der Waals surface area contributed by atoms with E-state index in [1.807, 2.05) is 25.4 Å². The van der Waals surface area contributed by atoms with Crippen LogP contribution in [0.4, 0.5) is 5.88 Å². The molecule has 0 spiro atoms. The van der Waals surface area contributed by atoms with E-state index in [2.05, 4.69) is 36.2 Å². The fourth-order valence-corrected chi connectivity index (χ4v) is 2.48. The van der Waals surface area contributed by atoms with Crippen molar-refractivity contribution in [1.29, 1.82) is 0 Å². The van der Waals surface area contributed by atoms with Gasteiger partial charge in [0.15, 0.2) is 0 Å². The number of aromatic nitrogens is 3. The van der Waals surface area contributed by atoms with Crippen LogP contribution in [0.2, 0.25) is 0 Å². The smallest absolute Gasteiger partial charge is 0.230 e. The first-order valence-electron chi connectivity index (χ1n) is 6.95. The lowest BCUT2D eigenvalue weighted by molar-refractivity contribution is 0.439. The van der Waals surface area contributed by atoms with E-state index in [0.717, 1.165) is 34.5 Å². The molecule has 0 fully saturated rings. The molecule has 0 aliphatic rings. The fraction of sp³-hybridized carbons (Fsp3) is 0.250. The molecule has 2 heterocycles. The molecule has 2 N–H and O–H groups in total. The third-order valence-corrected chi connectivity index (χ3v) is 3.55. The zero-order valence-corrected chi connectivity index (χ0v) is 12.4. The van der Waals surface area contributed by atoms with Gasteiger partial charge in [-0.1, -0.05) is 41.9 Å². The van der Waals surface area contributed by atoms with E-state index in [1.165, 1.54) is 5.56 Å². The van der Waals surface area contributed by atoms with E-state index in [1.54, 1.807) is 4.68 Å². The quantitative estimate of drug-likeness (QED) is 0.801. The summed E-state index contributed by atoms with van der Waals surface area (Å²) in [4.78, 5) is 0. The van der Waals surface area contributed by atoms with Crippen molar-refractivity contribution < 1.29 is 4.52 Å². The molecule has 5 nitrogen and oxygen atoms in total. The van der Waals surface area contributed by atoms with Gasteiger partial charge in [-0.2, -0.15) is 5.10 Å². The van der Waals surface area contributed by atoms with Gasteiger partial charge in [0, 0.05) is 18.8 Å². The number of nitrogens with two attached hydrogens (primary N) is 1. The highest BCUT2D eigenvalue weighted by molar-refractivity contribution is 5.87. The summed E-state index contributed by atoms with van der Waals surface area (Å²) in [5, 5.41) is 8.61. The van der Waals surface area contributed by atoms with Gasteiger partial charge >= 0.3 is 0 Å². The zero-order valence-electron chi connectivity index (χ0n) is 12.4. The van der Waals surface area contributed by atoms with Gasteiger partial charge in [0.25, 0.3) is 0 Å². The minimum Gasteiger partial charge on any atom is -0.367 e. The van der Waals surface area contributed by atoms with Crippen molar-refractivity contribution in [2.75, 3.05) is 5.73 Å². The Labute approximate surface area is 123 Å². The molecule has 0 unspecified atom stereocenters. The second-order valence-corrected chi connectivity index (χ2v) is 5.15. The highest BCUT2D eigenvalue weighted by Crippen LogP contribution is 2.37. The fourth-order valence-electron chi connectivity index (χ4n) is 2.48. The predicted molar refractivity (Wildman–Crippen MR) is 82.7 cm³/mol. The van der Waals surface area contributed by atoms with Gasteiger partial charge in [-0.05, 0) is 18.9 Å². The minimum atomic E-state index is 0.333. The molecule has 1 aromatic carbocycles. The standard InChI is InChI=1S/C16H18N4O/c1-4-13-12(9-20(3)18-13)15-14(16(17)21-19-15)11-7-5-10(2)6-8-11/h5-9H,4,17H2,1-3H3. The molecule has 21 heavy (non-hydrogen) atoms. The zero-order chi connectivity index (χ0) is 15.0. The summed E-state index contributed by atoms with van der Waals surface area (Å²) in [6.07, 6.45) is 2.78. The van der Waals surface area contributed by atoms with E-state index >= 15 is 0 Å². The molecular weight excluding hydrogens is 264 g/mol. The average Bonchev–Trinajstić information content (AvgIpc) is 3.02. The third-order valence-electron chi connectivity index (χ3n) is 3.55. The number of benzene rings is 1. The summed E-state index contributed by atoms with van der Waals surface area (Å²) in [6.45, 7) is 4.12. The molecule has 0 aliphatic heterocycles. The summed E-state index contributed by atoms with van der Waals surface area (Å²) in [7, 11) is 1.90. The van der Waals surface area contributed by atoms with Crippen molar-refractivity contribution in [3.05, 3.63) is 41.7 Å². The average molecular weight is 282 g/mol. The van der Waals surface area contributed by atoms with E-state index in [9.17, 15) is 0 Å². The lowest BCUT2D eigenvalue weighted by Gasteiger charge is -2.03. The SMILES string of the molecule is CCc1nn(C)cc1-c1noc(N)c1-c1ccc(C)cc1. The Hall–Kier alpha value is -2.56. The highest BCUT2D eigenvalue weighted by atomic mass is 16.5. The van der Waals surface area contributed by atoms with Crippen molar-refractivity contribution in [3.63, 3.8) is 0 Å². The Kier molecular flexibility index (Phi) is 3.25. The second kappa shape index (κ2) is 5.09. The minimum absolute atomic E-state index is 0.333. The maximum absolute atomic E-state index is 5.99. The van der Waals surface area contributed by atoms with Crippen LogP contribution in [-0.4, -0.2) is 14.9 Å².